The fourth-order valence-corrected chi connectivity index (χ4v) is 2.99. The summed E-state index contributed by atoms with van der Waals surface area (Å²) < 4.78 is 12.0. The molecule has 0 saturated carbocycles. The standard InChI is InChI=1S/C11H16ClNO2S/c1-13-10(5-6-14)8-16(15)11-4-2-3-9(12)7-11/h2-4,7,10,13-14H,5-6,8H2,1H3. The Labute approximate surface area is 103 Å². The van der Waals surface area contributed by atoms with Crippen LogP contribution >= 0.6 is 11.6 Å². The van der Waals surface area contributed by atoms with E-state index in [1.54, 1.807) is 31.3 Å². The van der Waals surface area contributed by atoms with Crippen molar-refractivity contribution in [3.05, 3.63) is 29.3 Å². The highest BCUT2D eigenvalue weighted by atomic mass is 35.5. The Morgan fingerprint density at radius 3 is 2.88 bits per heavy atom. The van der Waals surface area contributed by atoms with Crippen LogP contribution in [0.2, 0.25) is 5.02 Å². The molecule has 90 valence electrons. The SMILES string of the molecule is CNC(CCO)CS(=O)c1cccc(Cl)c1. The summed E-state index contributed by atoms with van der Waals surface area (Å²) in [5, 5.41) is 12.5. The van der Waals surface area contributed by atoms with Gasteiger partial charge in [0, 0.05) is 28.3 Å². The van der Waals surface area contributed by atoms with Gasteiger partial charge >= 0.3 is 0 Å². The second-order valence-electron chi connectivity index (χ2n) is 3.47. The van der Waals surface area contributed by atoms with E-state index in [-0.39, 0.29) is 12.6 Å². The minimum atomic E-state index is -1.08. The van der Waals surface area contributed by atoms with Gasteiger partial charge in [-0.3, -0.25) is 4.21 Å². The van der Waals surface area contributed by atoms with Gasteiger partial charge in [-0.1, -0.05) is 17.7 Å². The number of aliphatic hydroxyl groups excluding tert-OH is 1. The lowest BCUT2D eigenvalue weighted by atomic mass is 10.2. The van der Waals surface area contributed by atoms with Gasteiger partial charge in [-0.2, -0.15) is 0 Å². The number of hydrogen-bond donors (Lipinski definition) is 2. The molecule has 0 spiro atoms. The molecule has 1 aromatic rings. The minimum Gasteiger partial charge on any atom is -0.396 e. The van der Waals surface area contributed by atoms with E-state index in [1.807, 2.05) is 0 Å². The predicted molar refractivity (Wildman–Crippen MR) is 67.3 cm³/mol. The van der Waals surface area contributed by atoms with Crippen LogP contribution in [0.5, 0.6) is 0 Å². The van der Waals surface area contributed by atoms with Crippen molar-refractivity contribution in [1.29, 1.82) is 0 Å². The second kappa shape index (κ2) is 7.01. The van der Waals surface area contributed by atoms with Crippen molar-refractivity contribution in [2.75, 3.05) is 19.4 Å². The third kappa shape index (κ3) is 4.22. The molecule has 0 saturated heterocycles. The molecule has 16 heavy (non-hydrogen) atoms. The fraction of sp³-hybridized carbons (Fsp3) is 0.455. The van der Waals surface area contributed by atoms with Crippen molar-refractivity contribution >= 4 is 22.4 Å². The molecule has 0 aliphatic rings. The molecule has 0 radical (unpaired) electrons. The zero-order valence-corrected chi connectivity index (χ0v) is 10.7. The summed E-state index contributed by atoms with van der Waals surface area (Å²) >= 11 is 5.83. The molecule has 2 atom stereocenters. The van der Waals surface area contributed by atoms with Gasteiger partial charge in [-0.25, -0.2) is 0 Å². The number of benzene rings is 1. The van der Waals surface area contributed by atoms with Gasteiger partial charge < -0.3 is 10.4 Å². The van der Waals surface area contributed by atoms with Crippen LogP contribution in [-0.4, -0.2) is 34.8 Å². The van der Waals surface area contributed by atoms with E-state index >= 15 is 0 Å². The normalized spacial score (nSPS) is 14.7. The highest BCUT2D eigenvalue weighted by molar-refractivity contribution is 7.85. The first-order valence-electron chi connectivity index (χ1n) is 5.09. The minimum absolute atomic E-state index is 0.0600. The molecular weight excluding hydrogens is 246 g/mol. The Kier molecular flexibility index (Phi) is 5.98. The summed E-state index contributed by atoms with van der Waals surface area (Å²) in [6.45, 7) is 0.0955. The number of rotatable bonds is 6. The van der Waals surface area contributed by atoms with Crippen LogP contribution in [0.1, 0.15) is 6.42 Å². The lowest BCUT2D eigenvalue weighted by Crippen LogP contribution is -2.32. The van der Waals surface area contributed by atoms with Crippen LogP contribution in [0.25, 0.3) is 0 Å². The van der Waals surface area contributed by atoms with E-state index in [9.17, 15) is 4.21 Å². The van der Waals surface area contributed by atoms with Crippen LogP contribution in [0.4, 0.5) is 0 Å². The molecule has 1 rings (SSSR count). The Bertz CT molecular complexity index is 360. The van der Waals surface area contributed by atoms with E-state index < -0.39 is 10.8 Å². The maximum atomic E-state index is 12.0. The summed E-state index contributed by atoms with van der Waals surface area (Å²) in [6, 6.07) is 7.11. The molecule has 1 aromatic carbocycles. The summed E-state index contributed by atoms with van der Waals surface area (Å²) in [7, 11) is 0.718. The van der Waals surface area contributed by atoms with Crippen LogP contribution in [-0.2, 0) is 10.8 Å². The Balaban J connectivity index is 2.64. The van der Waals surface area contributed by atoms with Gasteiger partial charge in [-0.05, 0) is 31.7 Å². The number of nitrogens with one attached hydrogen (secondary N) is 1. The Hall–Kier alpha value is -0.420. The molecule has 0 aromatic heterocycles. The van der Waals surface area contributed by atoms with E-state index in [4.69, 9.17) is 16.7 Å². The molecule has 2 N–H and O–H groups in total. The summed E-state index contributed by atoms with van der Waals surface area (Å²) in [5.41, 5.74) is 0. The zero-order valence-electron chi connectivity index (χ0n) is 9.15. The van der Waals surface area contributed by atoms with Crippen molar-refractivity contribution in [3.63, 3.8) is 0 Å². The molecule has 2 unspecified atom stereocenters. The van der Waals surface area contributed by atoms with E-state index in [2.05, 4.69) is 5.32 Å². The lowest BCUT2D eigenvalue weighted by molar-refractivity contribution is 0.273. The maximum absolute atomic E-state index is 12.0. The largest absolute Gasteiger partial charge is 0.396 e. The number of halogens is 1. The number of hydrogen-bond acceptors (Lipinski definition) is 3. The van der Waals surface area contributed by atoms with Gasteiger partial charge in [0.25, 0.3) is 0 Å². The van der Waals surface area contributed by atoms with Crippen LogP contribution in [0.3, 0.4) is 0 Å². The molecule has 3 nitrogen and oxygen atoms in total. The smallest absolute Gasteiger partial charge is 0.0545 e. The van der Waals surface area contributed by atoms with Crippen LogP contribution in [0, 0.1) is 0 Å². The molecule has 0 fully saturated rings. The number of aliphatic hydroxyl groups is 1. The first-order valence-corrected chi connectivity index (χ1v) is 6.79. The molecule has 0 bridgehead atoms. The van der Waals surface area contributed by atoms with Crippen molar-refractivity contribution in [3.8, 4) is 0 Å². The van der Waals surface area contributed by atoms with Crippen molar-refractivity contribution in [1.82, 2.24) is 5.32 Å². The molecule has 0 heterocycles. The van der Waals surface area contributed by atoms with Gasteiger partial charge in [0.2, 0.25) is 0 Å². The van der Waals surface area contributed by atoms with Crippen LogP contribution < -0.4 is 5.32 Å². The van der Waals surface area contributed by atoms with Crippen molar-refractivity contribution in [2.24, 2.45) is 0 Å². The maximum Gasteiger partial charge on any atom is 0.0545 e. The average Bonchev–Trinajstić information content (AvgIpc) is 2.28. The first-order chi connectivity index (χ1) is 7.67. The Morgan fingerprint density at radius 1 is 1.56 bits per heavy atom. The van der Waals surface area contributed by atoms with Crippen molar-refractivity contribution in [2.45, 2.75) is 17.4 Å². The predicted octanol–water partition coefficient (Wildman–Crippen LogP) is 1.42. The first kappa shape index (κ1) is 13.6. The van der Waals surface area contributed by atoms with E-state index in [0.717, 1.165) is 4.90 Å². The van der Waals surface area contributed by atoms with Gasteiger partial charge in [0.1, 0.15) is 0 Å². The van der Waals surface area contributed by atoms with E-state index in [1.165, 1.54) is 0 Å². The lowest BCUT2D eigenvalue weighted by Gasteiger charge is -2.14. The quantitative estimate of drug-likeness (QED) is 0.814. The molecule has 5 heteroatoms. The highest BCUT2D eigenvalue weighted by Gasteiger charge is 2.12. The van der Waals surface area contributed by atoms with Crippen LogP contribution in [0.15, 0.2) is 29.2 Å². The zero-order chi connectivity index (χ0) is 12.0. The molecule has 0 aliphatic heterocycles. The fourth-order valence-electron chi connectivity index (χ4n) is 1.35. The monoisotopic (exact) mass is 261 g/mol. The summed E-state index contributed by atoms with van der Waals surface area (Å²) in [4.78, 5) is 0.727. The molecular formula is C11H16ClNO2S. The van der Waals surface area contributed by atoms with Gasteiger partial charge in [-0.15, -0.1) is 0 Å². The van der Waals surface area contributed by atoms with Crippen molar-refractivity contribution < 1.29 is 9.32 Å². The molecule has 0 amide bonds. The highest BCUT2D eigenvalue weighted by Crippen LogP contribution is 2.14. The molecule has 0 aliphatic carbocycles. The van der Waals surface area contributed by atoms with E-state index in [0.29, 0.717) is 17.2 Å². The van der Waals surface area contributed by atoms with Gasteiger partial charge in [0.15, 0.2) is 0 Å². The third-order valence-electron chi connectivity index (χ3n) is 2.30. The Morgan fingerprint density at radius 2 is 2.31 bits per heavy atom. The third-order valence-corrected chi connectivity index (χ3v) is 4.02. The average molecular weight is 262 g/mol. The van der Waals surface area contributed by atoms with Gasteiger partial charge in [0.05, 0.1) is 10.8 Å². The summed E-state index contributed by atoms with van der Waals surface area (Å²) in [5.74, 6) is 0.484. The second-order valence-corrected chi connectivity index (χ2v) is 5.40. The topological polar surface area (TPSA) is 49.3 Å². The summed E-state index contributed by atoms with van der Waals surface area (Å²) in [6.07, 6.45) is 0.600.